The van der Waals surface area contributed by atoms with Crippen LogP contribution >= 0.6 is 0 Å². The normalized spacial score (nSPS) is 53.4. The number of aliphatic hydroxyl groups is 1. The Morgan fingerprint density at radius 1 is 1.30 bits per heavy atom. The van der Waals surface area contributed by atoms with E-state index >= 15 is 0 Å². The van der Waals surface area contributed by atoms with Crippen molar-refractivity contribution in [3.05, 3.63) is 0 Å². The van der Waals surface area contributed by atoms with E-state index in [1.54, 1.807) is 0 Å². The molecule has 0 aliphatic carbocycles. The molecular weight excluding hydrogens is 132 g/mol. The minimum Gasteiger partial charge on any atom is -0.390 e. The van der Waals surface area contributed by atoms with Gasteiger partial charge in [-0.15, -0.1) is 0 Å². The van der Waals surface area contributed by atoms with Gasteiger partial charge in [-0.3, -0.25) is 0 Å². The summed E-state index contributed by atoms with van der Waals surface area (Å²) in [6.07, 6.45) is -0.424. The van der Waals surface area contributed by atoms with Gasteiger partial charge in [-0.25, -0.2) is 0 Å². The molecule has 0 radical (unpaired) electrons. The molecule has 3 heteroatoms. The molecule has 2 fully saturated rings. The Balaban J connectivity index is 2.11. The first-order valence-corrected chi connectivity index (χ1v) is 3.70. The molecule has 0 aromatic carbocycles. The summed E-state index contributed by atoms with van der Waals surface area (Å²) < 4.78 is 10.5. The third-order valence-electron chi connectivity index (χ3n) is 2.37. The number of hydrogen-bond donors (Lipinski definition) is 1. The number of hydrogen-bond acceptors (Lipinski definition) is 3. The zero-order valence-corrected chi connectivity index (χ0v) is 5.99. The largest absolute Gasteiger partial charge is 0.390 e. The van der Waals surface area contributed by atoms with Crippen LogP contribution in [0.1, 0.15) is 6.92 Å². The average Bonchev–Trinajstić information content (AvgIpc) is 2.40. The molecule has 0 aromatic rings. The zero-order valence-electron chi connectivity index (χ0n) is 5.99. The van der Waals surface area contributed by atoms with E-state index in [2.05, 4.69) is 6.92 Å². The first kappa shape index (κ1) is 6.58. The summed E-state index contributed by atoms with van der Waals surface area (Å²) in [4.78, 5) is 0. The molecule has 58 valence electrons. The van der Waals surface area contributed by atoms with E-state index in [-0.39, 0.29) is 18.3 Å². The van der Waals surface area contributed by atoms with Gasteiger partial charge in [-0.2, -0.15) is 0 Å². The van der Waals surface area contributed by atoms with Crippen LogP contribution in [0.4, 0.5) is 0 Å². The van der Waals surface area contributed by atoms with Crippen LogP contribution in [0.25, 0.3) is 0 Å². The second-order valence-electron chi connectivity index (χ2n) is 3.16. The van der Waals surface area contributed by atoms with Crippen LogP contribution in [-0.4, -0.2) is 30.7 Å². The van der Waals surface area contributed by atoms with E-state index in [4.69, 9.17) is 9.47 Å². The molecule has 0 amide bonds. The Kier molecular flexibility index (Phi) is 1.44. The first-order chi connectivity index (χ1) is 4.79. The molecule has 0 spiro atoms. The van der Waals surface area contributed by atoms with Gasteiger partial charge in [0.2, 0.25) is 0 Å². The summed E-state index contributed by atoms with van der Waals surface area (Å²) in [5.74, 6) is 0.669. The Morgan fingerprint density at radius 2 is 2.00 bits per heavy atom. The van der Waals surface area contributed by atoms with Gasteiger partial charge < -0.3 is 14.6 Å². The molecular formula is C7H12O3. The highest BCUT2D eigenvalue weighted by Gasteiger charge is 2.45. The van der Waals surface area contributed by atoms with Gasteiger partial charge in [-0.1, -0.05) is 6.92 Å². The van der Waals surface area contributed by atoms with Crippen LogP contribution in [0.15, 0.2) is 0 Å². The lowest BCUT2D eigenvalue weighted by Gasteiger charge is -2.12. The molecule has 0 saturated carbocycles. The van der Waals surface area contributed by atoms with Crippen molar-refractivity contribution in [1.29, 1.82) is 0 Å². The number of ether oxygens (including phenoxy) is 2. The molecule has 2 saturated heterocycles. The summed E-state index contributed by atoms with van der Waals surface area (Å²) >= 11 is 0. The van der Waals surface area contributed by atoms with Crippen molar-refractivity contribution in [2.24, 2.45) is 11.8 Å². The van der Waals surface area contributed by atoms with Crippen molar-refractivity contribution in [3.8, 4) is 0 Å². The van der Waals surface area contributed by atoms with E-state index in [0.717, 1.165) is 6.61 Å². The molecule has 2 rings (SSSR count). The maximum atomic E-state index is 9.36. The number of fused-ring (bicyclic) bond motifs is 1. The van der Waals surface area contributed by atoms with E-state index in [0.29, 0.717) is 12.5 Å². The Morgan fingerprint density at radius 3 is 2.70 bits per heavy atom. The monoisotopic (exact) mass is 144 g/mol. The topological polar surface area (TPSA) is 38.7 Å². The third-order valence-corrected chi connectivity index (χ3v) is 2.37. The highest BCUT2D eigenvalue weighted by molar-refractivity contribution is 4.86. The van der Waals surface area contributed by atoms with Crippen molar-refractivity contribution >= 4 is 0 Å². The van der Waals surface area contributed by atoms with Crippen LogP contribution in [0.3, 0.4) is 0 Å². The fraction of sp³-hybridized carbons (Fsp3) is 1.00. The maximum Gasteiger partial charge on any atom is 0.163 e. The van der Waals surface area contributed by atoms with Gasteiger partial charge in [0.05, 0.1) is 19.3 Å². The van der Waals surface area contributed by atoms with Crippen LogP contribution < -0.4 is 0 Å². The molecule has 1 unspecified atom stereocenters. The SMILES string of the molecule is C[C@@H]1CO[C@@H]2OC[C@H](O)C21. The van der Waals surface area contributed by atoms with E-state index in [1.165, 1.54) is 0 Å². The highest BCUT2D eigenvalue weighted by atomic mass is 16.7. The lowest BCUT2D eigenvalue weighted by Crippen LogP contribution is -2.24. The van der Waals surface area contributed by atoms with E-state index < -0.39 is 0 Å². The van der Waals surface area contributed by atoms with Crippen molar-refractivity contribution in [2.75, 3.05) is 13.2 Å². The molecule has 0 bridgehead atoms. The quantitative estimate of drug-likeness (QED) is 0.519. The Labute approximate surface area is 59.9 Å². The maximum absolute atomic E-state index is 9.36. The first-order valence-electron chi connectivity index (χ1n) is 3.70. The van der Waals surface area contributed by atoms with Gasteiger partial charge in [0.25, 0.3) is 0 Å². The van der Waals surface area contributed by atoms with Crippen molar-refractivity contribution in [3.63, 3.8) is 0 Å². The minimum atomic E-state index is -0.303. The average molecular weight is 144 g/mol. The zero-order chi connectivity index (χ0) is 7.14. The lowest BCUT2D eigenvalue weighted by molar-refractivity contribution is -0.0908. The van der Waals surface area contributed by atoms with Gasteiger partial charge in [0.15, 0.2) is 6.29 Å². The molecule has 0 aromatic heterocycles. The van der Waals surface area contributed by atoms with Crippen LogP contribution in [0.2, 0.25) is 0 Å². The van der Waals surface area contributed by atoms with Gasteiger partial charge >= 0.3 is 0 Å². The fourth-order valence-corrected chi connectivity index (χ4v) is 1.76. The Bertz CT molecular complexity index is 123. The van der Waals surface area contributed by atoms with Crippen molar-refractivity contribution < 1.29 is 14.6 Å². The molecule has 2 heterocycles. The summed E-state index contributed by atoms with van der Waals surface area (Å²) in [7, 11) is 0. The molecule has 10 heavy (non-hydrogen) atoms. The van der Waals surface area contributed by atoms with Gasteiger partial charge in [0, 0.05) is 5.92 Å². The summed E-state index contributed by atoms with van der Waals surface area (Å²) in [5, 5.41) is 9.36. The molecule has 2 aliphatic heterocycles. The van der Waals surface area contributed by atoms with Crippen LogP contribution in [-0.2, 0) is 9.47 Å². The lowest BCUT2D eigenvalue weighted by atomic mass is 9.93. The van der Waals surface area contributed by atoms with E-state index in [1.807, 2.05) is 0 Å². The highest BCUT2D eigenvalue weighted by Crippen LogP contribution is 2.35. The number of aliphatic hydroxyl groups excluding tert-OH is 1. The molecule has 4 atom stereocenters. The molecule has 1 N–H and O–H groups in total. The third kappa shape index (κ3) is 0.779. The van der Waals surface area contributed by atoms with Crippen LogP contribution in [0, 0.1) is 11.8 Å². The number of rotatable bonds is 0. The van der Waals surface area contributed by atoms with Gasteiger partial charge in [0.1, 0.15) is 0 Å². The van der Waals surface area contributed by atoms with Crippen LogP contribution in [0.5, 0.6) is 0 Å². The van der Waals surface area contributed by atoms with Gasteiger partial charge in [-0.05, 0) is 5.92 Å². The van der Waals surface area contributed by atoms with Crippen molar-refractivity contribution in [1.82, 2.24) is 0 Å². The second kappa shape index (κ2) is 2.19. The molecule has 3 nitrogen and oxygen atoms in total. The standard InChI is InChI=1S/C7H12O3/c1-4-2-9-7-6(4)5(8)3-10-7/h4-8H,2-3H2,1H3/t4-,5+,6?,7-/m1/s1. The predicted octanol–water partition coefficient (Wildman–Crippen LogP) is -0.0139. The van der Waals surface area contributed by atoms with E-state index in [9.17, 15) is 5.11 Å². The summed E-state index contributed by atoms with van der Waals surface area (Å²) in [6.45, 7) is 3.26. The Hall–Kier alpha value is -0.120. The smallest absolute Gasteiger partial charge is 0.163 e. The molecule has 2 aliphatic rings. The summed E-state index contributed by atoms with van der Waals surface area (Å²) in [5.41, 5.74) is 0. The predicted molar refractivity (Wildman–Crippen MR) is 34.4 cm³/mol. The second-order valence-corrected chi connectivity index (χ2v) is 3.16. The minimum absolute atomic E-state index is 0.120. The fourth-order valence-electron chi connectivity index (χ4n) is 1.76. The summed E-state index contributed by atoms with van der Waals surface area (Å²) in [6, 6.07) is 0. The van der Waals surface area contributed by atoms with Crippen molar-refractivity contribution in [2.45, 2.75) is 19.3 Å².